The maximum atomic E-state index is 10.7. The van der Waals surface area contributed by atoms with E-state index in [2.05, 4.69) is 0 Å². The van der Waals surface area contributed by atoms with Crippen molar-refractivity contribution in [1.29, 1.82) is 0 Å². The van der Waals surface area contributed by atoms with Gasteiger partial charge in [0, 0.05) is 13.6 Å². The lowest BCUT2D eigenvalue weighted by atomic mass is 10.3. The molecule has 0 aromatic carbocycles. The standard InChI is InChI=1S/C8H13NO2/c1-4-8(11)9(3)6-5-7(2)10/h1,7,10H,5-6H2,2-3H3. The number of hydrogen-bond acceptors (Lipinski definition) is 2. The Balaban J connectivity index is 3.63. The summed E-state index contributed by atoms with van der Waals surface area (Å²) in [6.07, 6.45) is 5.05. The van der Waals surface area contributed by atoms with Gasteiger partial charge in [-0.05, 0) is 19.3 Å². The second kappa shape index (κ2) is 4.75. The van der Waals surface area contributed by atoms with E-state index < -0.39 is 0 Å². The van der Waals surface area contributed by atoms with Crippen molar-refractivity contribution in [2.75, 3.05) is 13.6 Å². The van der Waals surface area contributed by atoms with Gasteiger partial charge in [0.05, 0.1) is 6.10 Å². The summed E-state index contributed by atoms with van der Waals surface area (Å²) in [5.74, 6) is 1.65. The van der Waals surface area contributed by atoms with Gasteiger partial charge in [-0.1, -0.05) is 0 Å². The largest absolute Gasteiger partial charge is 0.393 e. The zero-order valence-electron chi connectivity index (χ0n) is 6.87. The van der Waals surface area contributed by atoms with E-state index in [1.165, 1.54) is 4.90 Å². The lowest BCUT2D eigenvalue weighted by molar-refractivity contribution is -0.124. The monoisotopic (exact) mass is 155 g/mol. The van der Waals surface area contributed by atoms with Crippen LogP contribution in [-0.2, 0) is 4.79 Å². The quantitative estimate of drug-likeness (QED) is 0.576. The van der Waals surface area contributed by atoms with Crippen LogP contribution in [0.25, 0.3) is 0 Å². The van der Waals surface area contributed by atoms with Gasteiger partial charge in [0.25, 0.3) is 5.91 Å². The normalized spacial score (nSPS) is 11.8. The molecule has 0 radical (unpaired) electrons. The molecule has 11 heavy (non-hydrogen) atoms. The minimum Gasteiger partial charge on any atom is -0.393 e. The van der Waals surface area contributed by atoms with E-state index in [9.17, 15) is 4.79 Å². The topological polar surface area (TPSA) is 40.5 Å². The lowest BCUT2D eigenvalue weighted by Gasteiger charge is -2.14. The summed E-state index contributed by atoms with van der Waals surface area (Å²) >= 11 is 0. The second-order valence-electron chi connectivity index (χ2n) is 2.51. The van der Waals surface area contributed by atoms with E-state index in [0.717, 1.165) is 0 Å². The minimum atomic E-state index is -0.386. The third-order valence-corrected chi connectivity index (χ3v) is 1.35. The molecule has 1 atom stereocenters. The van der Waals surface area contributed by atoms with Crippen molar-refractivity contribution in [3.63, 3.8) is 0 Å². The molecule has 0 bridgehead atoms. The number of carbonyl (C=O) groups is 1. The second-order valence-corrected chi connectivity index (χ2v) is 2.51. The van der Waals surface area contributed by atoms with Crippen LogP contribution in [-0.4, -0.2) is 35.6 Å². The van der Waals surface area contributed by atoms with Crippen molar-refractivity contribution in [3.05, 3.63) is 0 Å². The zero-order chi connectivity index (χ0) is 8.85. The molecule has 0 spiro atoms. The first-order valence-electron chi connectivity index (χ1n) is 3.47. The summed E-state index contributed by atoms with van der Waals surface area (Å²) in [7, 11) is 1.62. The highest BCUT2D eigenvalue weighted by molar-refractivity contribution is 5.92. The van der Waals surface area contributed by atoms with Crippen molar-refractivity contribution in [2.45, 2.75) is 19.4 Å². The summed E-state index contributed by atoms with van der Waals surface area (Å²) in [5, 5.41) is 8.87. The minimum absolute atomic E-state index is 0.342. The number of terminal acetylenes is 1. The van der Waals surface area contributed by atoms with Gasteiger partial charge in [-0.3, -0.25) is 4.79 Å². The molecule has 0 heterocycles. The maximum Gasteiger partial charge on any atom is 0.297 e. The number of rotatable bonds is 3. The van der Waals surface area contributed by atoms with Crippen LogP contribution < -0.4 is 0 Å². The van der Waals surface area contributed by atoms with Crippen LogP contribution in [0.4, 0.5) is 0 Å². The molecule has 0 aromatic rings. The Bertz CT molecular complexity index is 169. The number of nitrogens with zero attached hydrogens (tertiary/aromatic N) is 1. The highest BCUT2D eigenvalue weighted by Gasteiger charge is 2.05. The number of carbonyl (C=O) groups excluding carboxylic acids is 1. The molecule has 0 fully saturated rings. The van der Waals surface area contributed by atoms with Gasteiger partial charge >= 0.3 is 0 Å². The van der Waals surface area contributed by atoms with E-state index in [1.807, 2.05) is 5.92 Å². The summed E-state index contributed by atoms with van der Waals surface area (Å²) in [4.78, 5) is 12.1. The van der Waals surface area contributed by atoms with Crippen molar-refractivity contribution >= 4 is 5.91 Å². The van der Waals surface area contributed by atoms with Crippen LogP contribution in [0.15, 0.2) is 0 Å². The summed E-state index contributed by atoms with van der Waals surface area (Å²) < 4.78 is 0. The molecule has 62 valence electrons. The molecule has 0 aromatic heterocycles. The summed E-state index contributed by atoms with van der Waals surface area (Å²) in [6, 6.07) is 0. The van der Waals surface area contributed by atoms with Crippen LogP contribution in [0.3, 0.4) is 0 Å². The van der Waals surface area contributed by atoms with Crippen molar-refractivity contribution in [1.82, 2.24) is 4.90 Å². The number of hydrogen-bond donors (Lipinski definition) is 1. The molecule has 0 aliphatic rings. The summed E-state index contributed by atoms with van der Waals surface area (Å²) in [5.41, 5.74) is 0. The number of amides is 1. The first kappa shape index (κ1) is 9.99. The lowest BCUT2D eigenvalue weighted by Crippen LogP contribution is -2.27. The molecule has 1 amide bonds. The van der Waals surface area contributed by atoms with Gasteiger partial charge in [0.1, 0.15) is 0 Å². The Morgan fingerprint density at radius 2 is 2.36 bits per heavy atom. The first-order valence-corrected chi connectivity index (χ1v) is 3.47. The fourth-order valence-corrected chi connectivity index (χ4v) is 0.592. The van der Waals surface area contributed by atoms with Crippen LogP contribution in [0.5, 0.6) is 0 Å². The molecule has 0 saturated carbocycles. The van der Waals surface area contributed by atoms with Gasteiger partial charge < -0.3 is 10.0 Å². The van der Waals surface area contributed by atoms with Crippen LogP contribution >= 0.6 is 0 Å². The average Bonchev–Trinajstić information content (AvgIpc) is 1.98. The predicted octanol–water partition coefficient (Wildman–Crippen LogP) is -0.151. The molecule has 0 saturated heterocycles. The molecule has 1 unspecified atom stereocenters. The predicted molar refractivity (Wildman–Crippen MR) is 42.8 cm³/mol. The van der Waals surface area contributed by atoms with E-state index in [0.29, 0.717) is 13.0 Å². The molecule has 0 aliphatic heterocycles. The van der Waals surface area contributed by atoms with Gasteiger partial charge in [-0.2, -0.15) is 0 Å². The zero-order valence-corrected chi connectivity index (χ0v) is 6.87. The average molecular weight is 155 g/mol. The Labute approximate surface area is 67.0 Å². The van der Waals surface area contributed by atoms with Crippen molar-refractivity contribution < 1.29 is 9.90 Å². The highest BCUT2D eigenvalue weighted by Crippen LogP contribution is 1.92. The van der Waals surface area contributed by atoms with Crippen molar-refractivity contribution in [3.8, 4) is 12.3 Å². The Hall–Kier alpha value is -1.01. The highest BCUT2D eigenvalue weighted by atomic mass is 16.3. The Kier molecular flexibility index (Phi) is 4.32. The maximum absolute atomic E-state index is 10.7. The molecule has 0 rings (SSSR count). The Morgan fingerprint density at radius 3 is 2.73 bits per heavy atom. The van der Waals surface area contributed by atoms with Gasteiger partial charge in [0.15, 0.2) is 0 Å². The van der Waals surface area contributed by atoms with Gasteiger partial charge in [0.2, 0.25) is 0 Å². The van der Waals surface area contributed by atoms with E-state index in [4.69, 9.17) is 11.5 Å². The molecule has 1 N–H and O–H groups in total. The third kappa shape index (κ3) is 4.40. The van der Waals surface area contributed by atoms with Crippen LogP contribution in [0, 0.1) is 12.3 Å². The van der Waals surface area contributed by atoms with Gasteiger partial charge in [-0.25, -0.2) is 0 Å². The van der Waals surface area contributed by atoms with Crippen LogP contribution in [0.1, 0.15) is 13.3 Å². The molecule has 3 heteroatoms. The molecule has 3 nitrogen and oxygen atoms in total. The van der Waals surface area contributed by atoms with E-state index in [1.54, 1.807) is 14.0 Å². The fourth-order valence-electron chi connectivity index (χ4n) is 0.592. The summed E-state index contributed by atoms with van der Waals surface area (Å²) in [6.45, 7) is 2.18. The Morgan fingerprint density at radius 1 is 1.82 bits per heavy atom. The third-order valence-electron chi connectivity index (χ3n) is 1.35. The number of aliphatic hydroxyl groups is 1. The first-order chi connectivity index (χ1) is 5.07. The molecular formula is C8H13NO2. The van der Waals surface area contributed by atoms with Crippen molar-refractivity contribution in [2.24, 2.45) is 0 Å². The molecule has 0 aliphatic carbocycles. The molecular weight excluding hydrogens is 142 g/mol. The van der Waals surface area contributed by atoms with Crippen LogP contribution in [0.2, 0.25) is 0 Å². The fraction of sp³-hybridized carbons (Fsp3) is 0.625. The number of aliphatic hydroxyl groups excluding tert-OH is 1. The van der Waals surface area contributed by atoms with Gasteiger partial charge in [-0.15, -0.1) is 6.42 Å². The smallest absolute Gasteiger partial charge is 0.297 e. The van der Waals surface area contributed by atoms with E-state index >= 15 is 0 Å². The SMILES string of the molecule is C#CC(=O)N(C)CCC(C)O. The van der Waals surface area contributed by atoms with E-state index in [-0.39, 0.29) is 12.0 Å².